The van der Waals surface area contributed by atoms with E-state index in [-0.39, 0.29) is 18.3 Å². The molecule has 0 aliphatic heterocycles. The van der Waals surface area contributed by atoms with Gasteiger partial charge in [0.15, 0.2) is 0 Å². The quantitative estimate of drug-likeness (QED) is 0.684. The van der Waals surface area contributed by atoms with Crippen LogP contribution in [-0.2, 0) is 6.54 Å². The Balaban J connectivity index is 1.71. The Morgan fingerprint density at radius 1 is 1.00 bits per heavy atom. The van der Waals surface area contributed by atoms with Crippen molar-refractivity contribution in [1.82, 2.24) is 15.5 Å². The average Bonchev–Trinajstić information content (AvgIpc) is 3.20. The van der Waals surface area contributed by atoms with Gasteiger partial charge in [0.05, 0.1) is 27.9 Å². The second-order valence-electron chi connectivity index (χ2n) is 5.46. The third-order valence-electron chi connectivity index (χ3n) is 3.87. The largest absolute Gasteiger partial charge is 0.497 e. The summed E-state index contributed by atoms with van der Waals surface area (Å²) in [5.74, 6) is 1.90. The number of rotatable bonds is 7. The lowest BCUT2D eigenvalue weighted by molar-refractivity contribution is 0.0940. The Kier molecular flexibility index (Phi) is 5.55. The minimum absolute atomic E-state index is 0.0726. The zero-order valence-electron chi connectivity index (χ0n) is 15.2. The van der Waals surface area contributed by atoms with Crippen LogP contribution < -0.4 is 19.5 Å². The molecular formula is C19H19N3O5. The van der Waals surface area contributed by atoms with Crippen molar-refractivity contribution in [3.8, 4) is 28.6 Å². The lowest BCUT2D eigenvalue weighted by Crippen LogP contribution is -2.24. The second kappa shape index (κ2) is 8.22. The van der Waals surface area contributed by atoms with Gasteiger partial charge in [-0.2, -0.15) is 4.98 Å². The van der Waals surface area contributed by atoms with Crippen LogP contribution in [0.25, 0.3) is 11.4 Å². The molecule has 0 radical (unpaired) electrons. The molecule has 0 atom stereocenters. The topological polar surface area (TPSA) is 95.7 Å². The van der Waals surface area contributed by atoms with Gasteiger partial charge in [0.25, 0.3) is 5.91 Å². The average molecular weight is 369 g/mol. The van der Waals surface area contributed by atoms with Gasteiger partial charge in [0, 0.05) is 5.56 Å². The van der Waals surface area contributed by atoms with Crippen molar-refractivity contribution in [3.05, 3.63) is 53.9 Å². The summed E-state index contributed by atoms with van der Waals surface area (Å²) in [6.45, 7) is 0.0726. The van der Waals surface area contributed by atoms with Gasteiger partial charge < -0.3 is 24.1 Å². The second-order valence-corrected chi connectivity index (χ2v) is 5.46. The van der Waals surface area contributed by atoms with E-state index in [1.807, 2.05) is 12.1 Å². The van der Waals surface area contributed by atoms with Crippen molar-refractivity contribution in [2.45, 2.75) is 6.54 Å². The first-order valence-corrected chi connectivity index (χ1v) is 8.12. The third kappa shape index (κ3) is 4.00. The summed E-state index contributed by atoms with van der Waals surface area (Å²) >= 11 is 0. The third-order valence-corrected chi connectivity index (χ3v) is 3.87. The highest BCUT2D eigenvalue weighted by Crippen LogP contribution is 2.28. The van der Waals surface area contributed by atoms with Crippen molar-refractivity contribution in [1.29, 1.82) is 0 Å². The molecule has 2 aromatic carbocycles. The maximum atomic E-state index is 12.5. The predicted octanol–water partition coefficient (Wildman–Crippen LogP) is 2.69. The van der Waals surface area contributed by atoms with Crippen molar-refractivity contribution in [2.75, 3.05) is 21.3 Å². The van der Waals surface area contributed by atoms with Gasteiger partial charge in [0.1, 0.15) is 22.8 Å². The first kappa shape index (κ1) is 18.2. The highest BCUT2D eigenvalue weighted by molar-refractivity contribution is 5.99. The van der Waals surface area contributed by atoms with Gasteiger partial charge in [-0.05, 0) is 36.4 Å². The normalized spacial score (nSPS) is 10.3. The zero-order chi connectivity index (χ0) is 19.2. The number of hydrogen-bond donors (Lipinski definition) is 1. The highest BCUT2D eigenvalue weighted by atomic mass is 16.5. The molecule has 0 fully saturated rings. The predicted molar refractivity (Wildman–Crippen MR) is 97.0 cm³/mol. The number of nitrogens with zero attached hydrogens (tertiary/aromatic N) is 2. The first-order chi connectivity index (χ1) is 13.2. The molecule has 0 aliphatic carbocycles. The van der Waals surface area contributed by atoms with Crippen LogP contribution in [0.1, 0.15) is 16.2 Å². The van der Waals surface area contributed by atoms with Crippen LogP contribution >= 0.6 is 0 Å². The number of ether oxygens (including phenoxy) is 3. The van der Waals surface area contributed by atoms with Crippen molar-refractivity contribution >= 4 is 5.91 Å². The van der Waals surface area contributed by atoms with Crippen LogP contribution in [0.2, 0.25) is 0 Å². The van der Waals surface area contributed by atoms with E-state index in [1.165, 1.54) is 14.2 Å². The standard InChI is InChI=1S/C19H19N3O5/c1-24-13-9-7-12(8-10-13)18-21-16(27-22-18)11-20-19(23)17-14(25-2)5-4-6-15(17)26-3/h4-10H,11H2,1-3H3,(H,20,23). The van der Waals surface area contributed by atoms with E-state index in [2.05, 4.69) is 15.5 Å². The minimum atomic E-state index is -0.367. The number of hydrogen-bond acceptors (Lipinski definition) is 7. The molecule has 8 nitrogen and oxygen atoms in total. The molecule has 0 spiro atoms. The van der Waals surface area contributed by atoms with E-state index in [1.54, 1.807) is 37.4 Å². The van der Waals surface area contributed by atoms with E-state index >= 15 is 0 Å². The number of carbonyl (C=O) groups excluding carboxylic acids is 1. The highest BCUT2D eigenvalue weighted by Gasteiger charge is 2.19. The lowest BCUT2D eigenvalue weighted by Gasteiger charge is -2.12. The number of amides is 1. The number of benzene rings is 2. The van der Waals surface area contributed by atoms with E-state index < -0.39 is 0 Å². The molecule has 0 unspecified atom stereocenters. The maximum Gasteiger partial charge on any atom is 0.259 e. The molecular weight excluding hydrogens is 350 g/mol. The van der Waals surface area contributed by atoms with Crippen LogP contribution in [0, 0.1) is 0 Å². The van der Waals surface area contributed by atoms with Crippen LogP contribution in [0.15, 0.2) is 47.0 Å². The van der Waals surface area contributed by atoms with E-state index in [4.69, 9.17) is 18.7 Å². The Morgan fingerprint density at radius 3 is 2.26 bits per heavy atom. The molecule has 1 amide bonds. The van der Waals surface area contributed by atoms with E-state index in [0.29, 0.717) is 22.9 Å². The van der Waals surface area contributed by atoms with Crippen LogP contribution in [0.4, 0.5) is 0 Å². The fourth-order valence-electron chi connectivity index (χ4n) is 2.50. The number of carbonyl (C=O) groups is 1. The summed E-state index contributed by atoms with van der Waals surface area (Å²) in [7, 11) is 4.58. The zero-order valence-corrected chi connectivity index (χ0v) is 15.2. The molecule has 0 aliphatic rings. The molecule has 1 heterocycles. The molecule has 1 N–H and O–H groups in total. The van der Waals surface area contributed by atoms with Gasteiger partial charge in [-0.3, -0.25) is 4.79 Å². The summed E-state index contributed by atoms with van der Waals surface area (Å²) in [6, 6.07) is 12.4. The molecule has 0 saturated heterocycles. The van der Waals surface area contributed by atoms with Crippen LogP contribution in [0.5, 0.6) is 17.2 Å². The molecule has 3 rings (SSSR count). The van der Waals surface area contributed by atoms with Gasteiger partial charge in [-0.1, -0.05) is 11.2 Å². The summed E-state index contributed by atoms with van der Waals surface area (Å²) in [6.07, 6.45) is 0. The van der Waals surface area contributed by atoms with E-state index in [9.17, 15) is 4.79 Å². The van der Waals surface area contributed by atoms with Gasteiger partial charge >= 0.3 is 0 Å². The number of aromatic nitrogens is 2. The van der Waals surface area contributed by atoms with Crippen molar-refractivity contribution < 1.29 is 23.5 Å². The number of nitrogens with one attached hydrogen (secondary N) is 1. The Hall–Kier alpha value is -3.55. The Bertz CT molecular complexity index is 899. The molecule has 1 aromatic heterocycles. The molecule has 8 heteroatoms. The summed E-state index contributed by atoms with van der Waals surface area (Å²) in [5.41, 5.74) is 1.08. The maximum absolute atomic E-state index is 12.5. The molecule has 3 aromatic rings. The summed E-state index contributed by atoms with van der Waals surface area (Å²) < 4.78 is 20.8. The van der Waals surface area contributed by atoms with Gasteiger partial charge in [0.2, 0.25) is 11.7 Å². The molecule has 0 saturated carbocycles. The van der Waals surface area contributed by atoms with Crippen LogP contribution in [0.3, 0.4) is 0 Å². The Morgan fingerprint density at radius 2 is 1.67 bits per heavy atom. The van der Waals surface area contributed by atoms with Crippen molar-refractivity contribution in [3.63, 3.8) is 0 Å². The fourth-order valence-corrected chi connectivity index (χ4v) is 2.50. The van der Waals surface area contributed by atoms with Crippen LogP contribution in [-0.4, -0.2) is 37.4 Å². The molecule has 27 heavy (non-hydrogen) atoms. The SMILES string of the molecule is COc1ccc(-c2noc(CNC(=O)c3c(OC)cccc3OC)n2)cc1. The monoisotopic (exact) mass is 369 g/mol. The fraction of sp³-hybridized carbons (Fsp3) is 0.211. The number of methoxy groups -OCH3 is 3. The Labute approximate surface area is 156 Å². The van der Waals surface area contributed by atoms with Gasteiger partial charge in [-0.25, -0.2) is 0 Å². The minimum Gasteiger partial charge on any atom is -0.497 e. The van der Waals surface area contributed by atoms with Crippen molar-refractivity contribution in [2.24, 2.45) is 0 Å². The smallest absolute Gasteiger partial charge is 0.259 e. The summed E-state index contributed by atoms with van der Waals surface area (Å²) in [4.78, 5) is 16.8. The molecule has 0 bridgehead atoms. The van der Waals surface area contributed by atoms with Gasteiger partial charge in [-0.15, -0.1) is 0 Å². The molecule has 140 valence electrons. The van der Waals surface area contributed by atoms with E-state index in [0.717, 1.165) is 11.3 Å². The first-order valence-electron chi connectivity index (χ1n) is 8.12. The lowest BCUT2D eigenvalue weighted by atomic mass is 10.1. The summed E-state index contributed by atoms with van der Waals surface area (Å²) in [5, 5.41) is 6.67.